The third-order valence-electron chi connectivity index (χ3n) is 3.97. The molecule has 0 aliphatic carbocycles. The van der Waals surface area contributed by atoms with Crippen LogP contribution in [0.4, 0.5) is 0 Å². The molecule has 0 saturated carbocycles. The number of carbonyl (C=O) groups excluding carboxylic acids is 1. The van der Waals surface area contributed by atoms with Crippen LogP contribution in [0.5, 0.6) is 0 Å². The van der Waals surface area contributed by atoms with Gasteiger partial charge in [0, 0.05) is 11.1 Å². The molecule has 1 N–H and O–H groups in total. The number of rotatable bonds is 7. The summed E-state index contributed by atoms with van der Waals surface area (Å²) in [5.74, 6) is -0.568. The van der Waals surface area contributed by atoms with Crippen molar-refractivity contribution >= 4 is 29.3 Å². The van der Waals surface area contributed by atoms with Crippen molar-refractivity contribution < 1.29 is 9.53 Å². The highest BCUT2D eigenvalue weighted by Gasteiger charge is 2.24. The van der Waals surface area contributed by atoms with Gasteiger partial charge in [-0.2, -0.15) is 0 Å². The van der Waals surface area contributed by atoms with Crippen LogP contribution in [0.15, 0.2) is 48.5 Å². The fourth-order valence-corrected chi connectivity index (χ4v) is 2.96. The topological polar surface area (TPSA) is 38.3 Å². The monoisotopic (exact) mass is 365 g/mol. The van der Waals surface area contributed by atoms with Gasteiger partial charge in [0.15, 0.2) is 0 Å². The first-order chi connectivity index (χ1) is 11.5. The summed E-state index contributed by atoms with van der Waals surface area (Å²) in [7, 11) is 0. The second-order valence-corrected chi connectivity index (χ2v) is 6.32. The maximum Gasteiger partial charge on any atom is 0.310 e. The van der Waals surface area contributed by atoms with Crippen LogP contribution in [0, 0.1) is 5.92 Å². The first-order valence-corrected chi connectivity index (χ1v) is 8.68. The molecule has 0 spiro atoms. The minimum atomic E-state index is -0.324. The van der Waals surface area contributed by atoms with Crippen molar-refractivity contribution in [1.29, 1.82) is 0 Å². The zero-order chi connectivity index (χ0) is 17.5. The maximum absolute atomic E-state index is 11.9. The lowest BCUT2D eigenvalue weighted by Gasteiger charge is -2.21. The van der Waals surface area contributed by atoms with Crippen molar-refractivity contribution in [1.82, 2.24) is 4.84 Å². The molecule has 0 aliphatic rings. The van der Waals surface area contributed by atoms with E-state index in [1.807, 2.05) is 55.5 Å². The molecule has 3 nitrogen and oxygen atoms in total. The van der Waals surface area contributed by atoms with Crippen LogP contribution >= 0.6 is 23.4 Å². The van der Waals surface area contributed by atoms with Gasteiger partial charge >= 0.3 is 5.97 Å². The van der Waals surface area contributed by atoms with Crippen LogP contribution in [0.2, 0.25) is 5.02 Å². The average molecular weight is 366 g/mol. The summed E-state index contributed by atoms with van der Waals surface area (Å²) in [5, 5.41) is 0.714. The van der Waals surface area contributed by atoms with Gasteiger partial charge in [0.2, 0.25) is 0 Å². The molecule has 0 fully saturated rings. The number of nitrogens with one attached hydrogen (secondary N) is 1. The Hall–Kier alpha value is -1.55. The highest BCUT2D eigenvalue weighted by molar-refractivity contribution is 6.30. The Morgan fingerprint density at radius 2 is 1.88 bits per heavy atom. The summed E-state index contributed by atoms with van der Waals surface area (Å²) >= 11 is 11.9. The van der Waals surface area contributed by atoms with E-state index in [0.717, 1.165) is 16.7 Å². The Morgan fingerprint density at radius 3 is 2.46 bits per heavy atom. The summed E-state index contributed by atoms with van der Waals surface area (Å²) < 4.78 is 5.06. The number of benzene rings is 2. The molecule has 2 atom stereocenters. The lowest BCUT2D eigenvalue weighted by atomic mass is 9.94. The molecule has 2 rings (SSSR count). The van der Waals surface area contributed by atoms with Crippen molar-refractivity contribution in [3.05, 3.63) is 59.1 Å². The van der Waals surface area contributed by atoms with Crippen LogP contribution in [0.25, 0.3) is 11.1 Å². The predicted molar refractivity (Wildman–Crippen MR) is 99.2 cm³/mol. The van der Waals surface area contributed by atoms with E-state index in [-0.39, 0.29) is 17.9 Å². The quantitative estimate of drug-likeness (QED) is 0.562. The molecule has 0 heterocycles. The molecule has 5 heteroatoms. The fourth-order valence-electron chi connectivity index (χ4n) is 2.50. The fraction of sp³-hybridized carbons (Fsp3) is 0.316. The SMILES string of the molecule is CCOC(=O)C(C)[C@@H](Cc1ccc(-c2cccc(Cl)c2)cc1)NCl. The van der Waals surface area contributed by atoms with Crippen LogP contribution in [0.1, 0.15) is 19.4 Å². The molecule has 0 radical (unpaired) electrons. The molecule has 1 unspecified atom stereocenters. The Labute approximate surface area is 153 Å². The number of halogens is 2. The number of hydrogen-bond acceptors (Lipinski definition) is 3. The van der Waals surface area contributed by atoms with E-state index in [9.17, 15) is 4.79 Å². The number of hydrogen-bond donors (Lipinski definition) is 1. The molecule has 0 aliphatic heterocycles. The van der Waals surface area contributed by atoms with Gasteiger partial charge < -0.3 is 4.74 Å². The maximum atomic E-state index is 11.9. The van der Waals surface area contributed by atoms with E-state index < -0.39 is 0 Å². The van der Waals surface area contributed by atoms with Crippen molar-refractivity contribution in [3.63, 3.8) is 0 Å². The Morgan fingerprint density at radius 1 is 1.17 bits per heavy atom. The lowest BCUT2D eigenvalue weighted by Crippen LogP contribution is -2.36. The number of esters is 1. The smallest absolute Gasteiger partial charge is 0.310 e. The molecule has 0 bridgehead atoms. The highest BCUT2D eigenvalue weighted by Crippen LogP contribution is 2.23. The molecule has 128 valence electrons. The summed E-state index contributed by atoms with van der Waals surface area (Å²) in [6.07, 6.45) is 0.638. The highest BCUT2D eigenvalue weighted by atomic mass is 35.5. The van der Waals surface area contributed by atoms with Gasteiger partial charge in [0.1, 0.15) is 0 Å². The number of carbonyl (C=O) groups is 1. The predicted octanol–water partition coefficient (Wildman–Crippen LogP) is 4.86. The van der Waals surface area contributed by atoms with Gasteiger partial charge in [-0.05, 0) is 53.9 Å². The van der Waals surface area contributed by atoms with Gasteiger partial charge in [0.25, 0.3) is 0 Å². The van der Waals surface area contributed by atoms with E-state index in [0.29, 0.717) is 18.1 Å². The summed E-state index contributed by atoms with van der Waals surface area (Å²) in [6.45, 7) is 3.98. The largest absolute Gasteiger partial charge is 0.466 e. The van der Waals surface area contributed by atoms with Crippen molar-refractivity contribution in [2.45, 2.75) is 26.3 Å². The standard InChI is InChI=1S/C19H21Cl2NO2/c1-3-24-19(23)13(2)18(22-21)11-14-7-9-15(10-8-14)16-5-4-6-17(20)12-16/h4-10,12-13,18,22H,3,11H2,1-2H3/t13?,18-/m1/s1. The number of ether oxygens (including phenoxy) is 1. The van der Waals surface area contributed by atoms with Crippen LogP contribution in [0.3, 0.4) is 0 Å². The van der Waals surface area contributed by atoms with Gasteiger partial charge in [0.05, 0.1) is 12.5 Å². The van der Waals surface area contributed by atoms with E-state index in [4.69, 9.17) is 28.1 Å². The molecular weight excluding hydrogens is 345 g/mol. The van der Waals surface area contributed by atoms with E-state index in [1.54, 1.807) is 6.92 Å². The second-order valence-electron chi connectivity index (χ2n) is 5.67. The van der Waals surface area contributed by atoms with Gasteiger partial charge in [-0.1, -0.05) is 54.9 Å². The minimum Gasteiger partial charge on any atom is -0.466 e. The zero-order valence-corrected chi connectivity index (χ0v) is 15.3. The van der Waals surface area contributed by atoms with Gasteiger partial charge in [-0.3, -0.25) is 4.79 Å². The van der Waals surface area contributed by atoms with E-state index in [1.165, 1.54) is 0 Å². The van der Waals surface area contributed by atoms with E-state index >= 15 is 0 Å². The first kappa shape index (κ1) is 18.8. The van der Waals surface area contributed by atoms with E-state index in [2.05, 4.69) is 4.84 Å². The summed E-state index contributed by atoms with van der Waals surface area (Å²) in [5.41, 5.74) is 3.26. The summed E-state index contributed by atoms with van der Waals surface area (Å²) in [6, 6.07) is 15.7. The molecule has 0 saturated heterocycles. The molecule has 2 aromatic carbocycles. The van der Waals surface area contributed by atoms with Crippen LogP contribution in [-0.2, 0) is 16.0 Å². The van der Waals surface area contributed by atoms with Crippen LogP contribution < -0.4 is 4.84 Å². The zero-order valence-electron chi connectivity index (χ0n) is 13.8. The average Bonchev–Trinajstić information content (AvgIpc) is 2.60. The lowest BCUT2D eigenvalue weighted by molar-refractivity contribution is -0.148. The summed E-state index contributed by atoms with van der Waals surface area (Å²) in [4.78, 5) is 14.6. The second kappa shape index (κ2) is 9.07. The Kier molecular flexibility index (Phi) is 7.10. The Balaban J connectivity index is 2.08. The molecular formula is C19H21Cl2NO2. The molecule has 2 aromatic rings. The van der Waals surface area contributed by atoms with Crippen molar-refractivity contribution in [3.8, 4) is 11.1 Å². The third kappa shape index (κ3) is 4.97. The Bertz CT molecular complexity index is 673. The molecule has 24 heavy (non-hydrogen) atoms. The third-order valence-corrected chi connectivity index (χ3v) is 4.48. The van der Waals surface area contributed by atoms with Gasteiger partial charge in [-0.15, -0.1) is 0 Å². The van der Waals surface area contributed by atoms with Crippen LogP contribution in [-0.4, -0.2) is 18.6 Å². The first-order valence-electron chi connectivity index (χ1n) is 7.92. The minimum absolute atomic E-state index is 0.192. The van der Waals surface area contributed by atoms with Crippen molar-refractivity contribution in [2.75, 3.05) is 6.61 Å². The molecule has 0 aromatic heterocycles. The normalized spacial score (nSPS) is 13.3. The van der Waals surface area contributed by atoms with Crippen molar-refractivity contribution in [2.24, 2.45) is 5.92 Å². The molecule has 0 amide bonds. The van der Waals surface area contributed by atoms with Gasteiger partial charge in [-0.25, -0.2) is 4.84 Å².